The quantitative estimate of drug-likeness (QED) is 0.672. The van der Waals surface area contributed by atoms with Gasteiger partial charge in [0.05, 0.1) is 10.9 Å². The minimum absolute atomic E-state index is 0.0636. The van der Waals surface area contributed by atoms with Gasteiger partial charge in [-0.1, -0.05) is 6.92 Å². The highest BCUT2D eigenvalue weighted by molar-refractivity contribution is 6.27. The van der Waals surface area contributed by atoms with Crippen LogP contribution >= 0.6 is 11.6 Å². The highest BCUT2D eigenvalue weighted by atomic mass is 35.5. The molecule has 2 unspecified atom stereocenters. The number of fused-ring (bicyclic) bond motifs is 1. The molecule has 1 heterocycles. The largest absolute Gasteiger partial charge is 0.332 e. The van der Waals surface area contributed by atoms with E-state index >= 15 is 0 Å². The predicted octanol–water partition coefficient (Wildman–Crippen LogP) is 1.44. The Kier molecular flexibility index (Phi) is 2.34. The molecule has 1 amide bonds. The summed E-state index contributed by atoms with van der Waals surface area (Å²) in [5, 5.41) is 0. The maximum Gasteiger partial charge on any atom is 0.222 e. The van der Waals surface area contributed by atoms with Gasteiger partial charge < -0.3 is 4.90 Å². The minimum Gasteiger partial charge on any atom is -0.332 e. The van der Waals surface area contributed by atoms with E-state index in [1.807, 2.05) is 13.8 Å². The van der Waals surface area contributed by atoms with Gasteiger partial charge in [-0.05, 0) is 13.8 Å². The van der Waals surface area contributed by atoms with Crippen LogP contribution in [0.25, 0.3) is 0 Å². The van der Waals surface area contributed by atoms with Crippen LogP contribution in [0.2, 0.25) is 0 Å². The Balaban J connectivity index is 2.19. The number of alkyl halides is 1. The zero-order chi connectivity index (χ0) is 11.4. The van der Waals surface area contributed by atoms with Crippen molar-refractivity contribution in [1.29, 1.82) is 0 Å². The van der Waals surface area contributed by atoms with Gasteiger partial charge in [-0.3, -0.25) is 9.59 Å². The second-order valence-electron chi connectivity index (χ2n) is 4.74. The smallest absolute Gasteiger partial charge is 0.222 e. The van der Waals surface area contributed by atoms with E-state index in [0.717, 1.165) is 0 Å². The van der Waals surface area contributed by atoms with E-state index in [1.54, 1.807) is 11.8 Å². The second-order valence-corrected chi connectivity index (χ2v) is 5.55. The summed E-state index contributed by atoms with van der Waals surface area (Å²) in [4.78, 5) is 24.6. The number of hydrogen-bond donors (Lipinski definition) is 0. The monoisotopic (exact) mass is 229 g/mol. The van der Waals surface area contributed by atoms with Gasteiger partial charge in [0.1, 0.15) is 0 Å². The number of Topliss-reactive ketones (excluding diaryl/α,β-unsaturated/α-hetero) is 1. The molecule has 84 valence electrons. The van der Waals surface area contributed by atoms with Crippen LogP contribution in [-0.2, 0) is 9.59 Å². The molecule has 0 aromatic rings. The summed E-state index contributed by atoms with van der Waals surface area (Å²) >= 11 is 6.27. The maximum absolute atomic E-state index is 11.6. The molecule has 0 N–H and O–H groups in total. The number of carbonyl (C=O) groups excluding carboxylic acids is 2. The van der Waals surface area contributed by atoms with Crippen molar-refractivity contribution >= 4 is 23.3 Å². The topological polar surface area (TPSA) is 37.4 Å². The van der Waals surface area contributed by atoms with Crippen molar-refractivity contribution in [3.63, 3.8) is 0 Å². The van der Waals surface area contributed by atoms with Crippen LogP contribution in [0.15, 0.2) is 0 Å². The Morgan fingerprint density at radius 3 is 2.60 bits per heavy atom. The molecule has 1 saturated carbocycles. The lowest BCUT2D eigenvalue weighted by Crippen LogP contribution is -2.44. The Bertz CT molecular complexity index is 327. The van der Waals surface area contributed by atoms with Gasteiger partial charge in [-0.25, -0.2) is 0 Å². The summed E-state index contributed by atoms with van der Waals surface area (Å²) in [5.74, 6) is 0.610. The normalized spacial score (nSPS) is 42.7. The molecular formula is C11H16ClNO2. The summed E-state index contributed by atoms with van der Waals surface area (Å²) < 4.78 is 0. The Morgan fingerprint density at radius 1 is 1.53 bits per heavy atom. The fourth-order valence-electron chi connectivity index (χ4n) is 2.87. The number of nitrogens with zero attached hydrogens (tertiary/aromatic N) is 1. The van der Waals surface area contributed by atoms with E-state index in [2.05, 4.69) is 0 Å². The third-order valence-corrected chi connectivity index (χ3v) is 4.34. The second kappa shape index (κ2) is 3.21. The summed E-state index contributed by atoms with van der Waals surface area (Å²) in [5.41, 5.74) is 0. The van der Waals surface area contributed by atoms with E-state index in [4.69, 9.17) is 11.6 Å². The number of ketones is 1. The first kappa shape index (κ1) is 10.9. The summed E-state index contributed by atoms with van der Waals surface area (Å²) in [6.45, 7) is 5.99. The van der Waals surface area contributed by atoms with E-state index < -0.39 is 0 Å². The standard InChI is InChI=1S/C11H16ClNO2/c1-4-8(15)13-5-7-9(11(7,3)12)10(13)6(2)14/h7,9-10H,4-5H2,1-3H3/t7-,9-,10?,11?/m0/s1. The summed E-state index contributed by atoms with van der Waals surface area (Å²) in [6, 6.07) is -0.273. The fraction of sp³-hybridized carbons (Fsp3) is 0.818. The first-order valence-electron chi connectivity index (χ1n) is 5.40. The number of likely N-dealkylation sites (tertiary alicyclic amines) is 1. The maximum atomic E-state index is 11.6. The van der Waals surface area contributed by atoms with Gasteiger partial charge in [0, 0.05) is 24.8 Å². The molecule has 4 atom stereocenters. The lowest BCUT2D eigenvalue weighted by molar-refractivity contribution is -0.137. The van der Waals surface area contributed by atoms with Crippen molar-refractivity contribution in [2.45, 2.75) is 38.1 Å². The van der Waals surface area contributed by atoms with Crippen molar-refractivity contribution in [3.8, 4) is 0 Å². The molecule has 2 aliphatic rings. The molecule has 3 nitrogen and oxygen atoms in total. The van der Waals surface area contributed by atoms with E-state index in [-0.39, 0.29) is 28.5 Å². The summed E-state index contributed by atoms with van der Waals surface area (Å²) in [7, 11) is 0. The molecule has 1 aliphatic heterocycles. The fourth-order valence-corrected chi connectivity index (χ4v) is 3.29. The molecule has 4 heteroatoms. The van der Waals surface area contributed by atoms with Crippen molar-refractivity contribution in [3.05, 3.63) is 0 Å². The molecule has 2 rings (SSSR count). The Labute approximate surface area is 94.8 Å². The minimum atomic E-state index is -0.273. The lowest BCUT2D eigenvalue weighted by Gasteiger charge is -2.28. The number of carbonyl (C=O) groups is 2. The molecule has 0 radical (unpaired) electrons. The average molecular weight is 230 g/mol. The van der Waals surface area contributed by atoms with Crippen LogP contribution in [0.3, 0.4) is 0 Å². The molecule has 15 heavy (non-hydrogen) atoms. The van der Waals surface area contributed by atoms with E-state index in [9.17, 15) is 9.59 Å². The van der Waals surface area contributed by atoms with E-state index in [1.165, 1.54) is 0 Å². The van der Waals surface area contributed by atoms with Crippen molar-refractivity contribution in [2.24, 2.45) is 11.8 Å². The molecule has 2 fully saturated rings. The molecule has 0 aromatic carbocycles. The van der Waals surface area contributed by atoms with Crippen LogP contribution in [0, 0.1) is 11.8 Å². The first-order valence-corrected chi connectivity index (χ1v) is 5.77. The van der Waals surface area contributed by atoms with Crippen molar-refractivity contribution in [2.75, 3.05) is 6.54 Å². The zero-order valence-electron chi connectivity index (χ0n) is 9.29. The van der Waals surface area contributed by atoms with Gasteiger partial charge in [0.25, 0.3) is 0 Å². The first-order chi connectivity index (χ1) is 6.91. The SMILES string of the molecule is CCC(=O)N1C[C@H]2[C@@H](C1C(C)=O)C2(C)Cl. The number of amides is 1. The Morgan fingerprint density at radius 2 is 2.13 bits per heavy atom. The third kappa shape index (κ3) is 1.40. The van der Waals surface area contributed by atoms with Crippen LogP contribution in [-0.4, -0.2) is 34.1 Å². The highest BCUT2D eigenvalue weighted by Crippen LogP contribution is 2.62. The molecule has 1 saturated heterocycles. The molecule has 1 aliphatic carbocycles. The van der Waals surface area contributed by atoms with E-state index in [0.29, 0.717) is 18.9 Å². The van der Waals surface area contributed by atoms with Gasteiger partial charge in [-0.15, -0.1) is 11.6 Å². The predicted molar refractivity (Wildman–Crippen MR) is 57.7 cm³/mol. The van der Waals surface area contributed by atoms with Gasteiger partial charge >= 0.3 is 0 Å². The number of halogens is 1. The lowest BCUT2D eigenvalue weighted by atomic mass is 10.1. The number of hydrogen-bond acceptors (Lipinski definition) is 2. The van der Waals surface area contributed by atoms with Crippen LogP contribution in [0.5, 0.6) is 0 Å². The van der Waals surface area contributed by atoms with Gasteiger partial charge in [0.15, 0.2) is 5.78 Å². The number of rotatable bonds is 2. The zero-order valence-corrected chi connectivity index (χ0v) is 10.0. The number of piperidine rings is 1. The van der Waals surface area contributed by atoms with Gasteiger partial charge in [0.2, 0.25) is 5.91 Å². The highest BCUT2D eigenvalue weighted by Gasteiger charge is 2.70. The molecule has 0 spiro atoms. The molecule has 0 aromatic heterocycles. The Hall–Kier alpha value is -0.570. The summed E-state index contributed by atoms with van der Waals surface area (Å²) in [6.07, 6.45) is 0.461. The van der Waals surface area contributed by atoms with Crippen LogP contribution < -0.4 is 0 Å². The van der Waals surface area contributed by atoms with Crippen molar-refractivity contribution in [1.82, 2.24) is 4.90 Å². The molecule has 0 bridgehead atoms. The average Bonchev–Trinajstić information content (AvgIpc) is 2.60. The third-order valence-electron chi connectivity index (χ3n) is 3.81. The molecular weight excluding hydrogens is 214 g/mol. The van der Waals surface area contributed by atoms with Crippen LogP contribution in [0.4, 0.5) is 0 Å². The van der Waals surface area contributed by atoms with Crippen molar-refractivity contribution < 1.29 is 9.59 Å². The van der Waals surface area contributed by atoms with Gasteiger partial charge in [-0.2, -0.15) is 0 Å². The van der Waals surface area contributed by atoms with Crippen LogP contribution in [0.1, 0.15) is 27.2 Å².